The molecular weight excluding hydrogens is 408 g/mol. The van der Waals surface area contributed by atoms with Gasteiger partial charge in [-0.3, -0.25) is 9.78 Å². The number of hydrogen-bond donors (Lipinski definition) is 2. The third-order valence-corrected chi connectivity index (χ3v) is 5.88. The van der Waals surface area contributed by atoms with Crippen LogP contribution in [-0.2, 0) is 4.79 Å². The summed E-state index contributed by atoms with van der Waals surface area (Å²) in [5, 5.41) is 22.8. The highest BCUT2D eigenvalue weighted by molar-refractivity contribution is 8.00. The maximum Gasteiger partial charge on any atom is 0.237 e. The minimum absolute atomic E-state index is 0.0658. The third-order valence-electron chi connectivity index (χ3n) is 4.79. The molecule has 1 unspecified atom stereocenters. The van der Waals surface area contributed by atoms with Gasteiger partial charge in [-0.2, -0.15) is 10.5 Å². The lowest BCUT2D eigenvalue weighted by molar-refractivity contribution is -0.115. The lowest BCUT2D eigenvalue weighted by Crippen LogP contribution is -2.23. The van der Waals surface area contributed by atoms with Gasteiger partial charge in [-0.15, -0.1) is 0 Å². The number of aryl methyl sites for hydroxylation is 1. The zero-order chi connectivity index (χ0) is 22.7. The second kappa shape index (κ2) is 9.03. The molecule has 0 radical (unpaired) electrons. The highest BCUT2D eigenvalue weighted by Gasteiger charge is 2.24. The number of nitrogens with zero attached hydrogens (tertiary/aromatic N) is 4. The van der Waals surface area contributed by atoms with Crippen LogP contribution in [0.3, 0.4) is 0 Å². The number of para-hydroxylation sites is 1. The number of hydrogen-bond acceptors (Lipinski definition) is 7. The third kappa shape index (κ3) is 4.45. The smallest absolute Gasteiger partial charge is 0.237 e. The molecule has 0 saturated carbocycles. The molecule has 156 valence electrons. The van der Waals surface area contributed by atoms with E-state index in [2.05, 4.69) is 21.4 Å². The van der Waals surface area contributed by atoms with Crippen molar-refractivity contribution in [1.29, 1.82) is 10.5 Å². The van der Waals surface area contributed by atoms with Crippen molar-refractivity contribution in [1.82, 2.24) is 9.97 Å². The number of nitrogens with one attached hydrogen (secondary N) is 1. The summed E-state index contributed by atoms with van der Waals surface area (Å²) in [6, 6.07) is 13.6. The number of benzene rings is 1. The van der Waals surface area contributed by atoms with Crippen molar-refractivity contribution >= 4 is 40.1 Å². The molecule has 2 aromatic heterocycles. The first kappa shape index (κ1) is 22.1. The Hall–Kier alpha value is -3.62. The molecule has 7 nitrogen and oxygen atoms in total. The molecule has 31 heavy (non-hydrogen) atoms. The minimum atomic E-state index is -0.556. The fraction of sp³-hybridized carbons (Fsp3) is 0.261. The molecule has 3 rings (SSSR count). The van der Waals surface area contributed by atoms with E-state index in [9.17, 15) is 15.3 Å². The van der Waals surface area contributed by atoms with Gasteiger partial charge >= 0.3 is 0 Å². The van der Waals surface area contributed by atoms with Gasteiger partial charge in [0.1, 0.15) is 23.0 Å². The van der Waals surface area contributed by atoms with Gasteiger partial charge in [-0.05, 0) is 37.5 Å². The molecule has 1 atom stereocenters. The maximum absolute atomic E-state index is 13.0. The van der Waals surface area contributed by atoms with Crippen molar-refractivity contribution in [3.63, 3.8) is 0 Å². The van der Waals surface area contributed by atoms with E-state index in [1.807, 2.05) is 57.2 Å². The van der Waals surface area contributed by atoms with Gasteiger partial charge in [-0.1, -0.05) is 43.8 Å². The van der Waals surface area contributed by atoms with Crippen molar-refractivity contribution in [2.24, 2.45) is 0 Å². The highest BCUT2D eigenvalue weighted by Crippen LogP contribution is 2.35. The Morgan fingerprint density at radius 2 is 1.81 bits per heavy atom. The average molecular weight is 431 g/mol. The molecule has 3 N–H and O–H groups in total. The monoisotopic (exact) mass is 430 g/mol. The van der Waals surface area contributed by atoms with Crippen molar-refractivity contribution in [3.05, 3.63) is 52.7 Å². The first-order valence-electron chi connectivity index (χ1n) is 9.74. The fourth-order valence-corrected chi connectivity index (χ4v) is 4.28. The zero-order valence-electron chi connectivity index (χ0n) is 17.7. The molecule has 0 aliphatic heterocycles. The Kier molecular flexibility index (Phi) is 6.43. The van der Waals surface area contributed by atoms with Gasteiger partial charge in [0, 0.05) is 11.1 Å². The van der Waals surface area contributed by atoms with E-state index < -0.39 is 5.25 Å². The number of anilines is 2. The van der Waals surface area contributed by atoms with Gasteiger partial charge in [0.15, 0.2) is 0 Å². The van der Waals surface area contributed by atoms with Crippen LogP contribution in [0.1, 0.15) is 49.1 Å². The lowest BCUT2D eigenvalue weighted by Gasteiger charge is -2.17. The lowest BCUT2D eigenvalue weighted by atomic mass is 9.94. The number of nitriles is 2. The molecule has 0 fully saturated rings. The maximum atomic E-state index is 13.0. The summed E-state index contributed by atoms with van der Waals surface area (Å²) in [6.45, 7) is 7.38. The summed E-state index contributed by atoms with van der Waals surface area (Å²) >= 11 is 1.15. The van der Waals surface area contributed by atoms with Crippen molar-refractivity contribution in [2.75, 3.05) is 11.1 Å². The fourth-order valence-electron chi connectivity index (χ4n) is 3.35. The van der Waals surface area contributed by atoms with Gasteiger partial charge in [-0.25, -0.2) is 4.98 Å². The van der Waals surface area contributed by atoms with E-state index in [4.69, 9.17) is 5.73 Å². The molecular formula is C23H22N6OS. The standard InChI is InChI=1S/C23H22N6OS/c1-12(2)20-16(10-24)21(26)29-23(17(20)11-25)31-14(4)22(30)28-19-9-13(3)27-18-8-6-5-7-15(18)19/h5-9,12,14H,1-4H3,(H2,26,29)(H,27,28,30). The summed E-state index contributed by atoms with van der Waals surface area (Å²) in [6.07, 6.45) is 0. The van der Waals surface area contributed by atoms with E-state index >= 15 is 0 Å². The molecule has 0 aliphatic carbocycles. The summed E-state index contributed by atoms with van der Waals surface area (Å²) < 4.78 is 0. The Balaban J connectivity index is 1.92. The van der Waals surface area contributed by atoms with Gasteiger partial charge in [0.05, 0.1) is 27.6 Å². The number of carbonyl (C=O) groups is 1. The molecule has 8 heteroatoms. The zero-order valence-corrected chi connectivity index (χ0v) is 18.5. The summed E-state index contributed by atoms with van der Waals surface area (Å²) in [5.74, 6) is -0.263. The Bertz CT molecular complexity index is 1260. The van der Waals surface area contributed by atoms with E-state index in [-0.39, 0.29) is 28.8 Å². The molecule has 0 spiro atoms. The van der Waals surface area contributed by atoms with E-state index in [1.54, 1.807) is 6.92 Å². The van der Waals surface area contributed by atoms with E-state index in [0.717, 1.165) is 28.4 Å². The van der Waals surface area contributed by atoms with Crippen molar-refractivity contribution in [3.8, 4) is 12.1 Å². The number of aromatic nitrogens is 2. The predicted molar refractivity (Wildman–Crippen MR) is 123 cm³/mol. The Labute approximate surface area is 185 Å². The van der Waals surface area contributed by atoms with Crippen molar-refractivity contribution < 1.29 is 4.79 Å². The number of amides is 1. The van der Waals surface area contributed by atoms with Crippen LogP contribution >= 0.6 is 11.8 Å². The van der Waals surface area contributed by atoms with Crippen LogP contribution < -0.4 is 11.1 Å². The molecule has 0 bridgehead atoms. The number of thioether (sulfide) groups is 1. The van der Waals surface area contributed by atoms with Gasteiger partial charge < -0.3 is 11.1 Å². The normalized spacial score (nSPS) is 11.7. The number of nitrogens with two attached hydrogens (primary N) is 1. The average Bonchev–Trinajstić information content (AvgIpc) is 2.72. The number of fused-ring (bicyclic) bond motifs is 1. The van der Waals surface area contributed by atoms with Crippen LogP contribution in [0.15, 0.2) is 35.4 Å². The van der Waals surface area contributed by atoms with Crippen LogP contribution in [0.4, 0.5) is 11.5 Å². The topological polar surface area (TPSA) is 128 Å². The largest absolute Gasteiger partial charge is 0.383 e. The van der Waals surface area contributed by atoms with Gasteiger partial charge in [0.2, 0.25) is 5.91 Å². The van der Waals surface area contributed by atoms with Crippen LogP contribution in [0, 0.1) is 29.6 Å². The van der Waals surface area contributed by atoms with Crippen molar-refractivity contribution in [2.45, 2.75) is 43.9 Å². The Morgan fingerprint density at radius 3 is 2.45 bits per heavy atom. The van der Waals surface area contributed by atoms with Crippen LogP contribution in [-0.4, -0.2) is 21.1 Å². The first-order valence-corrected chi connectivity index (χ1v) is 10.6. The molecule has 0 aliphatic rings. The first-order chi connectivity index (χ1) is 14.8. The van der Waals surface area contributed by atoms with Crippen LogP contribution in [0.25, 0.3) is 10.9 Å². The summed E-state index contributed by atoms with van der Waals surface area (Å²) in [4.78, 5) is 21.7. The molecule has 3 aromatic rings. The van der Waals surface area contributed by atoms with E-state index in [1.165, 1.54) is 0 Å². The molecule has 1 aromatic carbocycles. The summed E-state index contributed by atoms with van der Waals surface area (Å²) in [5.41, 5.74) is 9.32. The number of nitrogen functional groups attached to an aromatic ring is 1. The van der Waals surface area contributed by atoms with Gasteiger partial charge in [0.25, 0.3) is 0 Å². The van der Waals surface area contributed by atoms with E-state index in [0.29, 0.717) is 16.3 Å². The highest BCUT2D eigenvalue weighted by atomic mass is 32.2. The second-order valence-corrected chi connectivity index (χ2v) is 8.75. The molecule has 0 saturated heterocycles. The van der Waals surface area contributed by atoms with Crippen LogP contribution in [0.2, 0.25) is 0 Å². The summed E-state index contributed by atoms with van der Waals surface area (Å²) in [7, 11) is 0. The minimum Gasteiger partial charge on any atom is -0.383 e. The molecule has 1 amide bonds. The predicted octanol–water partition coefficient (Wildman–Crippen LogP) is 4.51. The molecule has 2 heterocycles. The Morgan fingerprint density at radius 1 is 1.13 bits per heavy atom. The number of rotatable bonds is 5. The van der Waals surface area contributed by atoms with Crippen LogP contribution in [0.5, 0.6) is 0 Å². The number of pyridine rings is 2. The SMILES string of the molecule is Cc1cc(NC(=O)C(C)Sc2nc(N)c(C#N)c(C(C)C)c2C#N)c2ccccc2n1. The quantitative estimate of drug-likeness (QED) is 0.570. The second-order valence-electron chi connectivity index (χ2n) is 7.42. The number of carbonyl (C=O) groups excluding carboxylic acids is 1.